The minimum atomic E-state index is -4.53. The molecule has 24 heavy (non-hydrogen) atoms. The van der Waals surface area contributed by atoms with Gasteiger partial charge in [0.1, 0.15) is 0 Å². The Bertz CT molecular complexity index is 800. The number of carbonyl (C=O) groups excluding carboxylic acids is 1. The maximum absolute atomic E-state index is 12.8. The highest BCUT2D eigenvalue weighted by Gasteiger charge is 2.30. The molecule has 0 bridgehead atoms. The topological polar surface area (TPSA) is 62.5 Å². The Kier molecular flexibility index (Phi) is 5.08. The molecule has 0 atom stereocenters. The smallest absolute Gasteiger partial charge is 0.395 e. The highest BCUT2D eigenvalue weighted by molar-refractivity contribution is 5.93. The summed E-state index contributed by atoms with van der Waals surface area (Å²) in [6, 6.07) is 6.69. The summed E-state index contributed by atoms with van der Waals surface area (Å²) >= 11 is 0. The van der Waals surface area contributed by atoms with Crippen LogP contribution >= 0.6 is 0 Å². The number of benzene rings is 1. The van der Waals surface area contributed by atoms with Gasteiger partial charge >= 0.3 is 6.18 Å². The van der Waals surface area contributed by atoms with E-state index >= 15 is 0 Å². The molecule has 2 aromatic rings. The lowest BCUT2D eigenvalue weighted by Gasteiger charge is -2.16. The lowest BCUT2D eigenvalue weighted by atomic mass is 10.2. The second kappa shape index (κ2) is 6.88. The molecular formula is C16H15F3N2O3. The molecule has 1 aromatic carbocycles. The van der Waals surface area contributed by atoms with Crippen molar-refractivity contribution in [2.75, 3.05) is 20.2 Å². The van der Waals surface area contributed by atoms with Crippen LogP contribution in [0.1, 0.15) is 15.9 Å². The summed E-state index contributed by atoms with van der Waals surface area (Å²) in [5.41, 5.74) is -1.31. The molecule has 0 spiro atoms. The standard InChI is InChI=1S/C16H15F3N2O3/c1-20(7-8-22)15(24)11-5-6-14(23)21(10-11)13-4-2-3-12(9-13)16(17,18)19/h2-6,9-10,22H,7-8H2,1H3. The van der Waals surface area contributed by atoms with E-state index in [0.717, 1.165) is 22.8 Å². The van der Waals surface area contributed by atoms with Crippen LogP contribution in [0.25, 0.3) is 5.69 Å². The van der Waals surface area contributed by atoms with Crippen molar-refractivity contribution in [1.29, 1.82) is 0 Å². The molecule has 8 heteroatoms. The molecule has 2 rings (SSSR count). The average molecular weight is 340 g/mol. The number of aromatic nitrogens is 1. The number of halogens is 3. The van der Waals surface area contributed by atoms with Crippen LogP contribution in [-0.4, -0.2) is 40.7 Å². The van der Waals surface area contributed by atoms with E-state index in [1.54, 1.807) is 0 Å². The van der Waals surface area contributed by atoms with Gasteiger partial charge in [-0.1, -0.05) is 6.07 Å². The second-order valence-electron chi connectivity index (χ2n) is 5.12. The van der Waals surface area contributed by atoms with Gasteiger partial charge in [-0.15, -0.1) is 0 Å². The minimum absolute atomic E-state index is 0.00860. The van der Waals surface area contributed by atoms with Crippen LogP contribution in [0.3, 0.4) is 0 Å². The van der Waals surface area contributed by atoms with Gasteiger partial charge in [-0.25, -0.2) is 0 Å². The molecule has 5 nitrogen and oxygen atoms in total. The zero-order chi connectivity index (χ0) is 17.9. The number of aliphatic hydroxyl groups excluding tert-OH is 1. The normalized spacial score (nSPS) is 11.4. The number of hydrogen-bond acceptors (Lipinski definition) is 3. The zero-order valence-electron chi connectivity index (χ0n) is 12.7. The number of amides is 1. The summed E-state index contributed by atoms with van der Waals surface area (Å²) < 4.78 is 39.4. The van der Waals surface area contributed by atoms with Gasteiger partial charge in [-0.3, -0.25) is 14.2 Å². The van der Waals surface area contributed by atoms with Crippen molar-refractivity contribution in [2.45, 2.75) is 6.18 Å². The van der Waals surface area contributed by atoms with Crippen molar-refractivity contribution >= 4 is 5.91 Å². The van der Waals surface area contributed by atoms with E-state index in [1.807, 2.05) is 0 Å². The summed E-state index contributed by atoms with van der Waals surface area (Å²) in [7, 11) is 1.47. The first-order valence-corrected chi connectivity index (χ1v) is 7.00. The van der Waals surface area contributed by atoms with Crippen molar-refractivity contribution in [3.8, 4) is 5.69 Å². The van der Waals surface area contributed by atoms with Gasteiger partial charge < -0.3 is 10.0 Å². The highest BCUT2D eigenvalue weighted by Crippen LogP contribution is 2.30. The van der Waals surface area contributed by atoms with Crippen molar-refractivity contribution in [3.63, 3.8) is 0 Å². The predicted octanol–water partition coefficient (Wildman–Crippen LogP) is 1.92. The van der Waals surface area contributed by atoms with Crippen LogP contribution < -0.4 is 5.56 Å². The zero-order valence-corrected chi connectivity index (χ0v) is 12.7. The molecule has 0 aliphatic rings. The first-order chi connectivity index (χ1) is 11.2. The maximum atomic E-state index is 12.8. The number of nitrogens with zero attached hydrogens (tertiary/aromatic N) is 2. The fourth-order valence-corrected chi connectivity index (χ4v) is 2.12. The lowest BCUT2D eigenvalue weighted by molar-refractivity contribution is -0.137. The Labute approximate surface area is 135 Å². The van der Waals surface area contributed by atoms with Gasteiger partial charge in [0.05, 0.1) is 17.7 Å². The van der Waals surface area contributed by atoms with Crippen LogP contribution in [0.5, 0.6) is 0 Å². The molecule has 0 aliphatic carbocycles. The Balaban J connectivity index is 2.47. The number of likely N-dealkylation sites (N-methyl/N-ethyl adjacent to an activating group) is 1. The predicted molar refractivity (Wildman–Crippen MR) is 81.1 cm³/mol. The second-order valence-corrected chi connectivity index (χ2v) is 5.12. The third kappa shape index (κ3) is 3.83. The van der Waals surface area contributed by atoms with Crippen LogP contribution in [0.4, 0.5) is 13.2 Å². The van der Waals surface area contributed by atoms with E-state index < -0.39 is 23.2 Å². The third-order valence-electron chi connectivity index (χ3n) is 3.39. The molecular weight excluding hydrogens is 325 g/mol. The van der Waals surface area contributed by atoms with E-state index in [2.05, 4.69) is 0 Å². The molecule has 0 fully saturated rings. The van der Waals surface area contributed by atoms with Gasteiger partial charge in [-0.05, 0) is 24.3 Å². The van der Waals surface area contributed by atoms with Gasteiger partial charge in [0.15, 0.2) is 0 Å². The minimum Gasteiger partial charge on any atom is -0.395 e. The molecule has 1 heterocycles. The van der Waals surface area contributed by atoms with Gasteiger partial charge in [0.2, 0.25) is 0 Å². The van der Waals surface area contributed by atoms with E-state index in [-0.39, 0.29) is 24.4 Å². The number of rotatable bonds is 4. The van der Waals surface area contributed by atoms with E-state index in [9.17, 15) is 22.8 Å². The fourth-order valence-electron chi connectivity index (χ4n) is 2.12. The number of aliphatic hydroxyl groups is 1. The van der Waals surface area contributed by atoms with E-state index in [1.165, 1.54) is 36.3 Å². The Morgan fingerprint density at radius 1 is 1.25 bits per heavy atom. The molecule has 1 aromatic heterocycles. The summed E-state index contributed by atoms with van der Waals surface area (Å²) in [6.07, 6.45) is -3.34. The monoisotopic (exact) mass is 340 g/mol. The Hall–Kier alpha value is -2.61. The first-order valence-electron chi connectivity index (χ1n) is 7.00. The number of alkyl halides is 3. The summed E-state index contributed by atoms with van der Waals surface area (Å²) in [5.74, 6) is -0.454. The van der Waals surface area contributed by atoms with Gasteiger partial charge in [0.25, 0.3) is 11.5 Å². The Morgan fingerprint density at radius 2 is 1.96 bits per heavy atom. The molecule has 0 radical (unpaired) electrons. The summed E-state index contributed by atoms with van der Waals surface area (Å²) in [5, 5.41) is 8.86. The number of hydrogen-bond donors (Lipinski definition) is 1. The summed E-state index contributed by atoms with van der Waals surface area (Å²) in [6.45, 7) is -0.128. The van der Waals surface area contributed by atoms with Crippen LogP contribution in [-0.2, 0) is 6.18 Å². The van der Waals surface area contributed by atoms with Crippen molar-refractivity contribution in [2.24, 2.45) is 0 Å². The summed E-state index contributed by atoms with van der Waals surface area (Å²) in [4.78, 5) is 25.4. The molecule has 0 unspecified atom stereocenters. The SMILES string of the molecule is CN(CCO)C(=O)c1ccc(=O)n(-c2cccc(C(F)(F)F)c2)c1. The van der Waals surface area contributed by atoms with Crippen molar-refractivity contribution < 1.29 is 23.1 Å². The maximum Gasteiger partial charge on any atom is 0.416 e. The number of carbonyl (C=O) groups is 1. The van der Waals surface area contributed by atoms with Crippen LogP contribution in [0.2, 0.25) is 0 Å². The van der Waals surface area contributed by atoms with Crippen LogP contribution in [0.15, 0.2) is 47.4 Å². The fraction of sp³-hybridized carbons (Fsp3) is 0.250. The Morgan fingerprint density at radius 3 is 2.58 bits per heavy atom. The quantitative estimate of drug-likeness (QED) is 0.925. The molecule has 0 aliphatic heterocycles. The van der Waals surface area contributed by atoms with Crippen LogP contribution in [0, 0.1) is 0 Å². The van der Waals surface area contributed by atoms with E-state index in [0.29, 0.717) is 0 Å². The largest absolute Gasteiger partial charge is 0.416 e. The van der Waals surface area contributed by atoms with Gasteiger partial charge in [0, 0.05) is 31.5 Å². The highest BCUT2D eigenvalue weighted by atomic mass is 19.4. The molecule has 0 saturated heterocycles. The van der Waals surface area contributed by atoms with Gasteiger partial charge in [-0.2, -0.15) is 13.2 Å². The molecule has 128 valence electrons. The molecule has 1 N–H and O–H groups in total. The third-order valence-corrected chi connectivity index (χ3v) is 3.39. The molecule has 1 amide bonds. The number of pyridine rings is 1. The van der Waals surface area contributed by atoms with Crippen molar-refractivity contribution in [3.05, 3.63) is 64.1 Å². The average Bonchev–Trinajstić information content (AvgIpc) is 2.54. The lowest BCUT2D eigenvalue weighted by Crippen LogP contribution is -2.30. The van der Waals surface area contributed by atoms with E-state index in [4.69, 9.17) is 5.11 Å². The molecule has 0 saturated carbocycles. The van der Waals surface area contributed by atoms with Crippen molar-refractivity contribution in [1.82, 2.24) is 9.47 Å². The first kappa shape index (κ1) is 17.7.